The van der Waals surface area contributed by atoms with Gasteiger partial charge >= 0.3 is 5.97 Å². The summed E-state index contributed by atoms with van der Waals surface area (Å²) in [5.74, 6) is -0.552. The second-order valence-electron chi connectivity index (χ2n) is 5.27. The van der Waals surface area contributed by atoms with Crippen LogP contribution in [0.4, 0.5) is 5.69 Å². The average molecular weight is 287 g/mol. The predicted octanol–water partition coefficient (Wildman–Crippen LogP) is 3.20. The Bertz CT molecular complexity index is 642. The Labute approximate surface area is 124 Å². The second kappa shape index (κ2) is 6.52. The third-order valence-corrected chi connectivity index (χ3v) is 3.77. The number of hydrogen-bond donors (Lipinski definition) is 1. The van der Waals surface area contributed by atoms with Gasteiger partial charge in [0.2, 0.25) is 0 Å². The maximum atomic E-state index is 11.5. The summed E-state index contributed by atoms with van der Waals surface area (Å²) in [4.78, 5) is 13.6. The maximum absolute atomic E-state index is 11.5. The fourth-order valence-corrected chi connectivity index (χ4v) is 2.39. The van der Waals surface area contributed by atoms with Gasteiger partial charge in [-0.1, -0.05) is 38.5 Å². The molecule has 2 rings (SSSR count). The van der Waals surface area contributed by atoms with E-state index in [1.54, 1.807) is 0 Å². The number of carboxylic acids is 1. The molecule has 0 saturated carbocycles. The number of carboxylic acid groups (broad SMARTS) is 1. The van der Waals surface area contributed by atoms with Gasteiger partial charge in [0.1, 0.15) is 0 Å². The van der Waals surface area contributed by atoms with Crippen LogP contribution in [0.1, 0.15) is 37.7 Å². The molecule has 1 aromatic carbocycles. The fourth-order valence-electron chi connectivity index (χ4n) is 2.39. The number of aromatic carboxylic acids is 1. The first-order valence-electron chi connectivity index (χ1n) is 7.32. The van der Waals surface area contributed by atoms with E-state index >= 15 is 0 Å². The zero-order chi connectivity index (χ0) is 15.4. The third kappa shape index (κ3) is 3.12. The zero-order valence-electron chi connectivity index (χ0n) is 12.7. The van der Waals surface area contributed by atoms with Gasteiger partial charge in [-0.3, -0.25) is 0 Å². The SMILES string of the molecule is CCC(C)CN(CC)c1c(C(=O)O)nnc2ccccc12. The van der Waals surface area contributed by atoms with E-state index in [0.29, 0.717) is 11.6 Å². The quantitative estimate of drug-likeness (QED) is 0.883. The molecule has 0 radical (unpaired) electrons. The molecule has 5 heteroatoms. The van der Waals surface area contributed by atoms with Crippen LogP contribution in [-0.4, -0.2) is 34.4 Å². The molecule has 0 aliphatic heterocycles. The average Bonchev–Trinajstić information content (AvgIpc) is 2.51. The van der Waals surface area contributed by atoms with Gasteiger partial charge in [-0.2, -0.15) is 0 Å². The first-order chi connectivity index (χ1) is 10.1. The number of fused-ring (bicyclic) bond motifs is 1. The van der Waals surface area contributed by atoms with Crippen LogP contribution in [0, 0.1) is 5.92 Å². The van der Waals surface area contributed by atoms with Gasteiger partial charge in [0.25, 0.3) is 0 Å². The molecule has 5 nitrogen and oxygen atoms in total. The monoisotopic (exact) mass is 287 g/mol. The number of carbonyl (C=O) groups is 1. The first kappa shape index (κ1) is 15.2. The topological polar surface area (TPSA) is 66.3 Å². The number of nitrogens with zero attached hydrogens (tertiary/aromatic N) is 3. The number of anilines is 1. The van der Waals surface area contributed by atoms with E-state index in [4.69, 9.17) is 0 Å². The van der Waals surface area contributed by atoms with Crippen molar-refractivity contribution >= 4 is 22.6 Å². The Hall–Kier alpha value is -2.17. The predicted molar refractivity (Wildman–Crippen MR) is 83.8 cm³/mol. The maximum Gasteiger partial charge on any atom is 0.358 e. The molecule has 0 spiro atoms. The van der Waals surface area contributed by atoms with Gasteiger partial charge in [0.15, 0.2) is 5.69 Å². The summed E-state index contributed by atoms with van der Waals surface area (Å²) >= 11 is 0. The molecule has 0 amide bonds. The summed E-state index contributed by atoms with van der Waals surface area (Å²) in [7, 11) is 0. The van der Waals surface area contributed by atoms with Gasteiger partial charge in [-0.15, -0.1) is 10.2 Å². The van der Waals surface area contributed by atoms with Crippen LogP contribution >= 0.6 is 0 Å². The Morgan fingerprint density at radius 3 is 2.62 bits per heavy atom. The molecule has 0 bridgehead atoms. The lowest BCUT2D eigenvalue weighted by molar-refractivity contribution is 0.0690. The molecule has 0 fully saturated rings. The molecule has 1 unspecified atom stereocenters. The lowest BCUT2D eigenvalue weighted by Crippen LogP contribution is -2.30. The first-order valence-corrected chi connectivity index (χ1v) is 7.32. The number of aromatic nitrogens is 2. The summed E-state index contributed by atoms with van der Waals surface area (Å²) in [5, 5.41) is 18.2. The van der Waals surface area contributed by atoms with Crippen LogP contribution < -0.4 is 4.90 Å². The lowest BCUT2D eigenvalue weighted by atomic mass is 10.1. The molecule has 2 aromatic rings. The molecule has 0 saturated heterocycles. The van der Waals surface area contributed by atoms with Crippen molar-refractivity contribution < 1.29 is 9.90 Å². The highest BCUT2D eigenvalue weighted by atomic mass is 16.4. The molecule has 112 valence electrons. The fraction of sp³-hybridized carbons (Fsp3) is 0.438. The van der Waals surface area contributed by atoms with Crippen molar-refractivity contribution in [3.63, 3.8) is 0 Å². The van der Waals surface area contributed by atoms with E-state index in [9.17, 15) is 9.90 Å². The minimum absolute atomic E-state index is 0.0267. The highest BCUT2D eigenvalue weighted by Gasteiger charge is 2.21. The van der Waals surface area contributed by atoms with E-state index in [2.05, 4.69) is 28.9 Å². The van der Waals surface area contributed by atoms with Crippen LogP contribution in [0.2, 0.25) is 0 Å². The van der Waals surface area contributed by atoms with Crippen LogP contribution in [-0.2, 0) is 0 Å². The summed E-state index contributed by atoms with van der Waals surface area (Å²) in [6.07, 6.45) is 1.05. The van der Waals surface area contributed by atoms with Crippen LogP contribution in [0.3, 0.4) is 0 Å². The number of rotatable bonds is 6. The van der Waals surface area contributed by atoms with Gasteiger partial charge in [0.05, 0.1) is 11.2 Å². The standard InChI is InChI=1S/C16H21N3O2/c1-4-11(3)10-19(5-2)15-12-8-6-7-9-13(12)17-18-14(15)16(20)21/h6-9,11H,4-5,10H2,1-3H3,(H,20,21). The Kier molecular flexibility index (Phi) is 4.73. The molecule has 21 heavy (non-hydrogen) atoms. The summed E-state index contributed by atoms with van der Waals surface area (Å²) in [6.45, 7) is 7.88. The van der Waals surface area contributed by atoms with E-state index in [1.165, 1.54) is 0 Å². The summed E-state index contributed by atoms with van der Waals surface area (Å²) in [6, 6.07) is 7.54. The Balaban J connectivity index is 2.61. The van der Waals surface area contributed by atoms with Crippen LogP contribution in [0.15, 0.2) is 24.3 Å². The van der Waals surface area contributed by atoms with E-state index < -0.39 is 5.97 Å². The van der Waals surface area contributed by atoms with Crippen molar-refractivity contribution in [2.75, 3.05) is 18.0 Å². The van der Waals surface area contributed by atoms with Crippen LogP contribution in [0.25, 0.3) is 10.9 Å². The van der Waals surface area contributed by atoms with Gasteiger partial charge in [-0.25, -0.2) is 4.79 Å². The van der Waals surface area contributed by atoms with Crippen molar-refractivity contribution in [3.8, 4) is 0 Å². The molecule has 1 atom stereocenters. The number of hydrogen-bond acceptors (Lipinski definition) is 4. The smallest absolute Gasteiger partial charge is 0.358 e. The molecular formula is C16H21N3O2. The van der Waals surface area contributed by atoms with Crippen molar-refractivity contribution in [2.45, 2.75) is 27.2 Å². The Morgan fingerprint density at radius 2 is 2.00 bits per heavy atom. The van der Waals surface area contributed by atoms with Gasteiger partial charge < -0.3 is 10.0 Å². The van der Waals surface area contributed by atoms with Gasteiger partial charge in [-0.05, 0) is 18.9 Å². The highest BCUT2D eigenvalue weighted by Crippen LogP contribution is 2.29. The second-order valence-corrected chi connectivity index (χ2v) is 5.27. The molecule has 0 aliphatic rings. The van der Waals surface area contributed by atoms with E-state index in [1.807, 2.05) is 31.2 Å². The molecule has 1 aromatic heterocycles. The van der Waals surface area contributed by atoms with E-state index in [-0.39, 0.29) is 5.69 Å². The van der Waals surface area contributed by atoms with Crippen LogP contribution in [0.5, 0.6) is 0 Å². The number of benzene rings is 1. The van der Waals surface area contributed by atoms with Crippen molar-refractivity contribution in [3.05, 3.63) is 30.0 Å². The van der Waals surface area contributed by atoms with Crippen molar-refractivity contribution in [1.82, 2.24) is 10.2 Å². The minimum Gasteiger partial charge on any atom is -0.476 e. The van der Waals surface area contributed by atoms with Gasteiger partial charge in [0, 0.05) is 18.5 Å². The lowest BCUT2D eigenvalue weighted by Gasteiger charge is -2.27. The normalized spacial score (nSPS) is 12.3. The minimum atomic E-state index is -1.04. The largest absolute Gasteiger partial charge is 0.476 e. The van der Waals surface area contributed by atoms with Crippen molar-refractivity contribution in [2.24, 2.45) is 5.92 Å². The Morgan fingerprint density at radius 1 is 1.29 bits per heavy atom. The van der Waals surface area contributed by atoms with E-state index in [0.717, 1.165) is 30.4 Å². The third-order valence-electron chi connectivity index (χ3n) is 3.77. The summed E-state index contributed by atoms with van der Waals surface area (Å²) in [5.41, 5.74) is 1.43. The molecule has 0 aliphatic carbocycles. The molecule has 1 heterocycles. The highest BCUT2D eigenvalue weighted by molar-refractivity contribution is 6.02. The zero-order valence-corrected chi connectivity index (χ0v) is 12.7. The molecule has 1 N–H and O–H groups in total. The summed E-state index contributed by atoms with van der Waals surface area (Å²) < 4.78 is 0. The molecular weight excluding hydrogens is 266 g/mol. The van der Waals surface area contributed by atoms with Crippen molar-refractivity contribution in [1.29, 1.82) is 0 Å².